The van der Waals surface area contributed by atoms with Crippen LogP contribution in [0.5, 0.6) is 5.75 Å². The molecule has 1 fully saturated rings. The first-order valence-electron chi connectivity index (χ1n) is 9.65. The van der Waals surface area contributed by atoms with Crippen molar-refractivity contribution in [1.82, 2.24) is 14.7 Å². The quantitative estimate of drug-likeness (QED) is 0.827. The number of para-hydroxylation sites is 1. The first-order valence-corrected chi connectivity index (χ1v) is 9.65. The van der Waals surface area contributed by atoms with Gasteiger partial charge in [-0.15, -0.1) is 0 Å². The van der Waals surface area contributed by atoms with Gasteiger partial charge in [-0.3, -0.25) is 4.90 Å². The molecule has 0 amide bonds. The second kappa shape index (κ2) is 7.31. The summed E-state index contributed by atoms with van der Waals surface area (Å²) in [6.45, 7) is 3.35. The molecule has 1 saturated heterocycles. The number of hydrogen-bond donors (Lipinski definition) is 1. The van der Waals surface area contributed by atoms with E-state index in [-0.39, 0.29) is 18.5 Å². The van der Waals surface area contributed by atoms with Gasteiger partial charge >= 0.3 is 6.18 Å². The fraction of sp³-hybridized carbons (Fsp3) is 0.550. The van der Waals surface area contributed by atoms with Gasteiger partial charge in [-0.25, -0.2) is 4.68 Å². The SMILES string of the molecule is COc1ccccc1CN1CCC[C@@H]1c1cc2n(n1)[C@@H](C(F)(F)F)C[C@@H](C)N2. The molecular formula is C20H25F3N4O. The summed E-state index contributed by atoms with van der Waals surface area (Å²) in [5, 5.41) is 7.56. The number of likely N-dealkylation sites (tertiary alicyclic amines) is 1. The zero-order valence-corrected chi connectivity index (χ0v) is 16.0. The molecule has 0 saturated carbocycles. The van der Waals surface area contributed by atoms with Crippen molar-refractivity contribution in [3.63, 3.8) is 0 Å². The highest BCUT2D eigenvalue weighted by molar-refractivity contribution is 5.42. The summed E-state index contributed by atoms with van der Waals surface area (Å²) < 4.78 is 47.1. The first-order chi connectivity index (χ1) is 13.4. The van der Waals surface area contributed by atoms with Crippen LogP contribution in [-0.4, -0.2) is 40.6 Å². The number of methoxy groups -OCH3 is 1. The number of rotatable bonds is 4. The molecule has 1 aromatic heterocycles. The average Bonchev–Trinajstić information content (AvgIpc) is 3.26. The Hall–Kier alpha value is -2.22. The summed E-state index contributed by atoms with van der Waals surface area (Å²) in [4.78, 5) is 2.28. The predicted molar refractivity (Wildman–Crippen MR) is 100 cm³/mol. The highest BCUT2D eigenvalue weighted by Crippen LogP contribution is 2.42. The maximum atomic E-state index is 13.5. The topological polar surface area (TPSA) is 42.3 Å². The minimum absolute atomic E-state index is 0.00673. The lowest BCUT2D eigenvalue weighted by atomic mass is 10.1. The molecule has 0 spiro atoms. The Labute approximate surface area is 162 Å². The van der Waals surface area contributed by atoms with Crippen molar-refractivity contribution in [1.29, 1.82) is 0 Å². The van der Waals surface area contributed by atoms with Crippen LogP contribution in [0.25, 0.3) is 0 Å². The smallest absolute Gasteiger partial charge is 0.410 e. The van der Waals surface area contributed by atoms with Gasteiger partial charge in [0.05, 0.1) is 18.8 Å². The highest BCUT2D eigenvalue weighted by atomic mass is 19.4. The van der Waals surface area contributed by atoms with Gasteiger partial charge in [0.15, 0.2) is 6.04 Å². The van der Waals surface area contributed by atoms with Crippen LogP contribution in [0.2, 0.25) is 0 Å². The molecular weight excluding hydrogens is 369 g/mol. The van der Waals surface area contributed by atoms with E-state index in [0.717, 1.165) is 35.4 Å². The molecule has 2 aromatic rings. The summed E-state index contributed by atoms with van der Waals surface area (Å²) in [6, 6.07) is 7.83. The van der Waals surface area contributed by atoms with E-state index in [9.17, 15) is 13.2 Å². The van der Waals surface area contributed by atoms with Gasteiger partial charge in [-0.2, -0.15) is 18.3 Å². The normalized spacial score (nSPS) is 25.4. The number of alkyl halides is 3. The number of anilines is 1. The van der Waals surface area contributed by atoms with E-state index in [1.165, 1.54) is 0 Å². The number of nitrogens with zero attached hydrogens (tertiary/aromatic N) is 3. The van der Waals surface area contributed by atoms with Crippen molar-refractivity contribution in [2.45, 2.75) is 57.0 Å². The van der Waals surface area contributed by atoms with E-state index < -0.39 is 12.2 Å². The molecule has 152 valence electrons. The van der Waals surface area contributed by atoms with Crippen LogP contribution >= 0.6 is 0 Å². The maximum Gasteiger partial charge on any atom is 0.410 e. The van der Waals surface area contributed by atoms with Crippen molar-refractivity contribution in [2.24, 2.45) is 0 Å². The Kier molecular flexibility index (Phi) is 4.99. The van der Waals surface area contributed by atoms with Crippen molar-refractivity contribution in [3.8, 4) is 5.75 Å². The molecule has 0 bridgehead atoms. The molecule has 28 heavy (non-hydrogen) atoms. The van der Waals surface area contributed by atoms with Crippen LogP contribution in [0.1, 0.15) is 49.5 Å². The third kappa shape index (κ3) is 3.57. The molecule has 0 aliphatic carbocycles. The lowest BCUT2D eigenvalue weighted by Crippen LogP contribution is -2.37. The van der Waals surface area contributed by atoms with E-state index in [4.69, 9.17) is 4.74 Å². The Morgan fingerprint density at radius 3 is 2.82 bits per heavy atom. The molecule has 0 unspecified atom stereocenters. The van der Waals surface area contributed by atoms with Gasteiger partial charge in [0.1, 0.15) is 11.6 Å². The zero-order valence-electron chi connectivity index (χ0n) is 16.0. The van der Waals surface area contributed by atoms with E-state index in [1.54, 1.807) is 20.1 Å². The average molecular weight is 394 g/mol. The van der Waals surface area contributed by atoms with E-state index in [1.807, 2.05) is 24.3 Å². The number of benzene rings is 1. The third-order valence-electron chi connectivity index (χ3n) is 5.67. The van der Waals surface area contributed by atoms with Crippen molar-refractivity contribution in [3.05, 3.63) is 41.6 Å². The zero-order chi connectivity index (χ0) is 19.9. The second-order valence-corrected chi connectivity index (χ2v) is 7.68. The summed E-state index contributed by atoms with van der Waals surface area (Å²) in [5.41, 5.74) is 1.78. The second-order valence-electron chi connectivity index (χ2n) is 7.68. The molecule has 3 heterocycles. The summed E-state index contributed by atoms with van der Waals surface area (Å²) in [7, 11) is 1.65. The number of hydrogen-bond acceptors (Lipinski definition) is 4. The maximum absolute atomic E-state index is 13.5. The lowest BCUT2D eigenvalue weighted by molar-refractivity contribution is -0.173. The number of aromatic nitrogens is 2. The molecule has 0 radical (unpaired) electrons. The first kappa shape index (κ1) is 19.1. The van der Waals surface area contributed by atoms with E-state index in [2.05, 4.69) is 15.3 Å². The van der Waals surface area contributed by atoms with Gasteiger partial charge in [0.25, 0.3) is 0 Å². The van der Waals surface area contributed by atoms with E-state index >= 15 is 0 Å². The molecule has 8 heteroatoms. The minimum Gasteiger partial charge on any atom is -0.496 e. The Morgan fingerprint density at radius 2 is 2.07 bits per heavy atom. The largest absolute Gasteiger partial charge is 0.496 e. The van der Waals surface area contributed by atoms with Crippen LogP contribution in [0.3, 0.4) is 0 Å². The number of nitrogens with one attached hydrogen (secondary N) is 1. The number of halogens is 3. The summed E-state index contributed by atoms with van der Waals surface area (Å²) in [5.74, 6) is 1.28. The third-order valence-corrected chi connectivity index (χ3v) is 5.67. The molecule has 2 aliphatic rings. The molecule has 1 aromatic carbocycles. The Balaban J connectivity index is 1.60. The summed E-state index contributed by atoms with van der Waals surface area (Å²) >= 11 is 0. The standard InChI is InChI=1S/C20H25F3N4O/c1-13-10-18(20(21,22)23)27-19(24-13)11-15(25-27)16-7-5-9-26(16)12-14-6-3-4-8-17(14)28-2/h3-4,6,8,11,13,16,18,24H,5,7,9-10,12H2,1-2H3/t13-,16-,18-/m1/s1. The van der Waals surface area contributed by atoms with Crippen LogP contribution in [0.15, 0.2) is 30.3 Å². The predicted octanol–water partition coefficient (Wildman–Crippen LogP) is 4.54. The van der Waals surface area contributed by atoms with Crippen molar-refractivity contribution in [2.75, 3.05) is 19.0 Å². The van der Waals surface area contributed by atoms with E-state index in [0.29, 0.717) is 18.1 Å². The van der Waals surface area contributed by atoms with Crippen molar-refractivity contribution < 1.29 is 17.9 Å². The molecule has 2 aliphatic heterocycles. The van der Waals surface area contributed by atoms with Gasteiger partial charge in [0, 0.05) is 24.2 Å². The van der Waals surface area contributed by atoms with Gasteiger partial charge in [0.2, 0.25) is 0 Å². The lowest BCUT2D eigenvalue weighted by Gasteiger charge is -2.31. The highest BCUT2D eigenvalue weighted by Gasteiger charge is 2.46. The van der Waals surface area contributed by atoms with Crippen LogP contribution in [0.4, 0.5) is 19.0 Å². The Bertz CT molecular complexity index is 835. The molecule has 5 nitrogen and oxygen atoms in total. The van der Waals surface area contributed by atoms with Crippen LogP contribution in [0, 0.1) is 0 Å². The number of fused-ring (bicyclic) bond motifs is 1. The fourth-order valence-electron chi connectivity index (χ4n) is 4.34. The van der Waals surface area contributed by atoms with Crippen LogP contribution < -0.4 is 10.1 Å². The molecule has 4 rings (SSSR count). The monoisotopic (exact) mass is 394 g/mol. The van der Waals surface area contributed by atoms with Crippen molar-refractivity contribution >= 4 is 5.82 Å². The summed E-state index contributed by atoms with van der Waals surface area (Å²) in [6.07, 6.45) is -2.43. The molecule has 1 N–H and O–H groups in total. The van der Waals surface area contributed by atoms with Gasteiger partial charge < -0.3 is 10.1 Å². The Morgan fingerprint density at radius 1 is 1.29 bits per heavy atom. The molecule has 3 atom stereocenters. The van der Waals surface area contributed by atoms with Crippen LogP contribution in [-0.2, 0) is 6.54 Å². The minimum atomic E-state index is -4.30. The fourth-order valence-corrected chi connectivity index (χ4v) is 4.34. The van der Waals surface area contributed by atoms with Gasteiger partial charge in [-0.1, -0.05) is 18.2 Å². The van der Waals surface area contributed by atoms with Gasteiger partial charge in [-0.05, 0) is 38.8 Å². The number of ether oxygens (including phenoxy) is 1.